The molecule has 2 N–H and O–H groups in total. The second-order valence-electron chi connectivity index (χ2n) is 8.26. The second-order valence-corrected chi connectivity index (χ2v) is 8.26. The summed E-state index contributed by atoms with van der Waals surface area (Å²) in [6, 6.07) is 9.23. The Morgan fingerprint density at radius 1 is 1.17 bits per heavy atom. The molecular formula is C24H38N6. The maximum absolute atomic E-state index is 4.80. The number of likely N-dealkylation sites (tertiary alicyclic amines) is 1. The first-order chi connectivity index (χ1) is 14.7. The van der Waals surface area contributed by atoms with Crippen LogP contribution < -0.4 is 10.6 Å². The SMILES string of the molecule is CCNC(=NCCCCn1ccnc1C)NC1CCN(Cc2ccccc2C)CC1. The van der Waals surface area contributed by atoms with Gasteiger partial charge in [0.15, 0.2) is 5.96 Å². The molecule has 2 heterocycles. The van der Waals surface area contributed by atoms with Crippen molar-refractivity contribution in [3.63, 3.8) is 0 Å². The van der Waals surface area contributed by atoms with Gasteiger partial charge >= 0.3 is 0 Å². The fraction of sp³-hybridized carbons (Fsp3) is 0.583. The molecule has 1 aromatic carbocycles. The molecule has 6 heteroatoms. The molecule has 1 saturated heterocycles. The van der Waals surface area contributed by atoms with Gasteiger partial charge in [-0.1, -0.05) is 24.3 Å². The monoisotopic (exact) mass is 410 g/mol. The largest absolute Gasteiger partial charge is 0.357 e. The molecule has 0 bridgehead atoms. The highest BCUT2D eigenvalue weighted by Gasteiger charge is 2.20. The minimum atomic E-state index is 0.504. The number of rotatable bonds is 9. The Hall–Kier alpha value is -2.34. The first-order valence-corrected chi connectivity index (χ1v) is 11.4. The summed E-state index contributed by atoms with van der Waals surface area (Å²) in [5.74, 6) is 2.05. The third-order valence-electron chi connectivity index (χ3n) is 5.93. The van der Waals surface area contributed by atoms with Crippen LogP contribution in [0.25, 0.3) is 0 Å². The number of hydrogen-bond donors (Lipinski definition) is 2. The van der Waals surface area contributed by atoms with Gasteiger partial charge in [-0.25, -0.2) is 4.98 Å². The number of nitrogens with one attached hydrogen (secondary N) is 2. The topological polar surface area (TPSA) is 57.5 Å². The van der Waals surface area contributed by atoms with Crippen molar-refractivity contribution in [2.24, 2.45) is 4.99 Å². The Morgan fingerprint density at radius 2 is 1.97 bits per heavy atom. The summed E-state index contributed by atoms with van der Waals surface area (Å²) in [5, 5.41) is 7.08. The summed E-state index contributed by atoms with van der Waals surface area (Å²) < 4.78 is 2.21. The summed E-state index contributed by atoms with van der Waals surface area (Å²) in [7, 11) is 0. The van der Waals surface area contributed by atoms with Gasteiger partial charge in [0, 0.05) is 57.7 Å². The van der Waals surface area contributed by atoms with E-state index in [1.54, 1.807) is 0 Å². The molecule has 0 aliphatic carbocycles. The van der Waals surface area contributed by atoms with Crippen LogP contribution in [0.2, 0.25) is 0 Å². The molecule has 0 radical (unpaired) electrons. The van der Waals surface area contributed by atoms with Crippen molar-refractivity contribution in [1.82, 2.24) is 25.1 Å². The molecule has 0 atom stereocenters. The Morgan fingerprint density at radius 3 is 2.67 bits per heavy atom. The van der Waals surface area contributed by atoms with Crippen LogP contribution in [-0.2, 0) is 13.1 Å². The maximum atomic E-state index is 4.80. The van der Waals surface area contributed by atoms with E-state index in [2.05, 4.69) is 76.3 Å². The number of aliphatic imine (C=N–C) groups is 1. The number of aryl methyl sites for hydroxylation is 3. The number of nitrogens with zero attached hydrogens (tertiary/aromatic N) is 4. The lowest BCUT2D eigenvalue weighted by atomic mass is 10.0. The highest BCUT2D eigenvalue weighted by molar-refractivity contribution is 5.80. The van der Waals surface area contributed by atoms with Gasteiger partial charge in [-0.05, 0) is 57.6 Å². The summed E-state index contributed by atoms with van der Waals surface area (Å²) in [6.45, 7) is 12.5. The van der Waals surface area contributed by atoms with E-state index in [4.69, 9.17) is 4.99 Å². The summed E-state index contributed by atoms with van der Waals surface area (Å²) in [5.41, 5.74) is 2.84. The van der Waals surface area contributed by atoms with Crippen molar-refractivity contribution in [2.75, 3.05) is 26.2 Å². The van der Waals surface area contributed by atoms with E-state index < -0.39 is 0 Å². The van der Waals surface area contributed by atoms with Crippen molar-refractivity contribution >= 4 is 5.96 Å². The van der Waals surface area contributed by atoms with Gasteiger partial charge in [-0.15, -0.1) is 0 Å². The highest BCUT2D eigenvalue weighted by atomic mass is 15.2. The molecule has 0 amide bonds. The van der Waals surface area contributed by atoms with Gasteiger partial charge in [0.2, 0.25) is 0 Å². The number of piperidine rings is 1. The molecule has 1 fully saturated rings. The van der Waals surface area contributed by atoms with E-state index in [0.29, 0.717) is 6.04 Å². The molecule has 0 spiro atoms. The average Bonchev–Trinajstić information content (AvgIpc) is 3.15. The Kier molecular flexibility index (Phi) is 8.75. The van der Waals surface area contributed by atoms with E-state index in [-0.39, 0.29) is 0 Å². The van der Waals surface area contributed by atoms with Crippen LogP contribution in [0.5, 0.6) is 0 Å². The maximum Gasteiger partial charge on any atom is 0.191 e. The van der Waals surface area contributed by atoms with Crippen LogP contribution in [0.1, 0.15) is 49.6 Å². The van der Waals surface area contributed by atoms with Crippen molar-refractivity contribution < 1.29 is 0 Å². The predicted octanol–water partition coefficient (Wildman–Crippen LogP) is 3.50. The number of aromatic nitrogens is 2. The van der Waals surface area contributed by atoms with Crippen molar-refractivity contribution in [1.29, 1.82) is 0 Å². The number of guanidine groups is 1. The molecule has 2 aromatic rings. The average molecular weight is 411 g/mol. The second kappa shape index (κ2) is 11.7. The van der Waals surface area contributed by atoms with Gasteiger partial charge in [0.25, 0.3) is 0 Å². The van der Waals surface area contributed by atoms with Gasteiger partial charge < -0.3 is 15.2 Å². The molecule has 0 unspecified atom stereocenters. The van der Waals surface area contributed by atoms with Crippen molar-refractivity contribution in [3.8, 4) is 0 Å². The molecular weight excluding hydrogens is 372 g/mol. The normalized spacial score (nSPS) is 16.0. The zero-order valence-electron chi connectivity index (χ0n) is 18.9. The van der Waals surface area contributed by atoms with Crippen LogP contribution in [0, 0.1) is 13.8 Å². The number of imidazole rings is 1. The van der Waals surface area contributed by atoms with Crippen LogP contribution >= 0.6 is 0 Å². The third kappa shape index (κ3) is 6.87. The quantitative estimate of drug-likeness (QED) is 0.377. The number of benzene rings is 1. The zero-order chi connectivity index (χ0) is 21.2. The van der Waals surface area contributed by atoms with E-state index in [0.717, 1.165) is 76.7 Å². The molecule has 1 aromatic heterocycles. The van der Waals surface area contributed by atoms with Crippen LogP contribution in [0.4, 0.5) is 0 Å². The molecule has 3 rings (SSSR count). The van der Waals surface area contributed by atoms with Crippen LogP contribution in [-0.4, -0.2) is 52.6 Å². The highest BCUT2D eigenvalue weighted by Crippen LogP contribution is 2.16. The summed E-state index contributed by atoms with van der Waals surface area (Å²) in [6.07, 6.45) is 8.45. The van der Waals surface area contributed by atoms with E-state index in [1.165, 1.54) is 11.1 Å². The molecule has 30 heavy (non-hydrogen) atoms. The fourth-order valence-corrected chi connectivity index (χ4v) is 4.00. The standard InChI is InChI=1S/C24H38N6/c1-4-25-24(27-13-7-8-15-30-18-14-26-21(30)3)28-23-11-16-29(17-12-23)19-22-10-6-5-9-20(22)2/h5-6,9-10,14,18,23H,4,7-8,11-13,15-17,19H2,1-3H3,(H2,25,27,28). The van der Waals surface area contributed by atoms with Crippen LogP contribution in [0.3, 0.4) is 0 Å². The lowest BCUT2D eigenvalue weighted by molar-refractivity contribution is 0.198. The Bertz CT molecular complexity index is 788. The van der Waals surface area contributed by atoms with E-state index in [1.807, 2.05) is 6.20 Å². The molecule has 1 aliphatic rings. The molecule has 0 saturated carbocycles. The van der Waals surface area contributed by atoms with E-state index >= 15 is 0 Å². The minimum absolute atomic E-state index is 0.504. The summed E-state index contributed by atoms with van der Waals surface area (Å²) in [4.78, 5) is 11.7. The minimum Gasteiger partial charge on any atom is -0.357 e. The van der Waals surface area contributed by atoms with Crippen molar-refractivity contribution in [3.05, 3.63) is 53.6 Å². The van der Waals surface area contributed by atoms with Gasteiger partial charge in [0.1, 0.15) is 5.82 Å². The molecule has 164 valence electrons. The third-order valence-corrected chi connectivity index (χ3v) is 5.93. The predicted molar refractivity (Wildman–Crippen MR) is 125 cm³/mol. The Labute approximate surface area is 181 Å². The van der Waals surface area contributed by atoms with Gasteiger partial charge in [0.05, 0.1) is 0 Å². The number of unbranched alkanes of at least 4 members (excludes halogenated alkanes) is 1. The first-order valence-electron chi connectivity index (χ1n) is 11.4. The zero-order valence-corrected chi connectivity index (χ0v) is 18.9. The molecule has 6 nitrogen and oxygen atoms in total. The fourth-order valence-electron chi connectivity index (χ4n) is 4.00. The Balaban J connectivity index is 1.39. The summed E-state index contributed by atoms with van der Waals surface area (Å²) >= 11 is 0. The van der Waals surface area contributed by atoms with Crippen LogP contribution in [0.15, 0.2) is 41.7 Å². The van der Waals surface area contributed by atoms with E-state index in [9.17, 15) is 0 Å². The van der Waals surface area contributed by atoms with Gasteiger partial charge in [-0.3, -0.25) is 9.89 Å². The van der Waals surface area contributed by atoms with Gasteiger partial charge in [-0.2, -0.15) is 0 Å². The lowest BCUT2D eigenvalue weighted by Gasteiger charge is -2.33. The smallest absolute Gasteiger partial charge is 0.191 e. The van der Waals surface area contributed by atoms with Crippen molar-refractivity contribution in [2.45, 2.75) is 65.6 Å². The first kappa shape index (κ1) is 22.3. The molecule has 1 aliphatic heterocycles. The number of hydrogen-bond acceptors (Lipinski definition) is 3. The lowest BCUT2D eigenvalue weighted by Crippen LogP contribution is -2.48.